The molecule has 1 aliphatic heterocycles. The number of sulfone groups is 1. The van der Waals surface area contributed by atoms with Crippen LogP contribution in [0.15, 0.2) is 70.2 Å². The molecule has 5 rings (SSSR count). The van der Waals surface area contributed by atoms with E-state index in [0.717, 1.165) is 11.6 Å². The molecule has 1 N–H and O–H groups in total. The van der Waals surface area contributed by atoms with Gasteiger partial charge in [0.1, 0.15) is 5.58 Å². The van der Waals surface area contributed by atoms with Gasteiger partial charge in [0.2, 0.25) is 0 Å². The third kappa shape index (κ3) is 6.69. The van der Waals surface area contributed by atoms with Crippen molar-refractivity contribution in [1.29, 1.82) is 0 Å². The molecule has 3 aromatic carbocycles. The molecule has 1 aromatic heterocycles. The molecule has 2 amide bonds. The summed E-state index contributed by atoms with van der Waals surface area (Å²) < 4.78 is 29.2. The van der Waals surface area contributed by atoms with Crippen LogP contribution in [-0.4, -0.2) is 49.9 Å². The van der Waals surface area contributed by atoms with Crippen LogP contribution in [0.5, 0.6) is 0 Å². The summed E-state index contributed by atoms with van der Waals surface area (Å²) in [5, 5.41) is 15.2. The molecule has 0 bridgehead atoms. The van der Waals surface area contributed by atoms with E-state index in [-0.39, 0.29) is 68.9 Å². The summed E-state index contributed by atoms with van der Waals surface area (Å²) in [6, 6.07) is 12.9. The molecule has 2 heterocycles. The standard InChI is InChI=1S/C29H24Cl2N2O7S.Na/c1-41(38,39)20-4-2-3-16(11-20)12-23(29(36)37)32-27(34)25-22(30)13-19-15-33(9-7-21(19)26(25)31)28(35)18-6-5-17-8-10-40-24(17)14-18;/h2-6,8,10-11,13-14,23H,7,9,12,15H2,1H3,(H,32,34)(H,36,37);/q;+1/p-1. The van der Waals surface area contributed by atoms with Crippen molar-refractivity contribution >= 4 is 61.8 Å². The molecule has 1 unspecified atom stereocenters. The van der Waals surface area contributed by atoms with E-state index < -0.39 is 27.8 Å². The van der Waals surface area contributed by atoms with Crippen LogP contribution >= 0.6 is 23.2 Å². The summed E-state index contributed by atoms with van der Waals surface area (Å²) in [5.41, 5.74) is 2.67. The predicted molar refractivity (Wildman–Crippen MR) is 151 cm³/mol. The summed E-state index contributed by atoms with van der Waals surface area (Å²) in [6.07, 6.45) is 2.72. The summed E-state index contributed by atoms with van der Waals surface area (Å²) in [6.45, 7) is 0.548. The second-order valence-electron chi connectivity index (χ2n) is 9.80. The van der Waals surface area contributed by atoms with E-state index in [2.05, 4.69) is 5.32 Å². The molecule has 1 atom stereocenters. The van der Waals surface area contributed by atoms with Gasteiger partial charge in [0.05, 0.1) is 38.8 Å². The van der Waals surface area contributed by atoms with Crippen LogP contribution in [0.2, 0.25) is 10.0 Å². The number of hydrogen-bond acceptors (Lipinski definition) is 7. The number of nitrogens with one attached hydrogen (secondary N) is 1. The fraction of sp³-hybridized carbons (Fsp3) is 0.207. The Morgan fingerprint density at radius 1 is 1.10 bits per heavy atom. The molecule has 0 aliphatic carbocycles. The Labute approximate surface area is 274 Å². The Morgan fingerprint density at radius 3 is 2.57 bits per heavy atom. The van der Waals surface area contributed by atoms with Crippen LogP contribution < -0.4 is 40.0 Å². The molecule has 4 aromatic rings. The molecular formula is C29H23Cl2N2NaO7S. The molecule has 0 fully saturated rings. The monoisotopic (exact) mass is 636 g/mol. The maximum Gasteiger partial charge on any atom is 1.00 e. The third-order valence-electron chi connectivity index (χ3n) is 6.98. The van der Waals surface area contributed by atoms with Crippen molar-refractivity contribution in [2.45, 2.75) is 30.3 Å². The van der Waals surface area contributed by atoms with Gasteiger partial charge in [-0.05, 0) is 65.9 Å². The van der Waals surface area contributed by atoms with Crippen LogP contribution in [-0.2, 0) is 34.0 Å². The Bertz CT molecular complexity index is 1820. The molecular weight excluding hydrogens is 614 g/mol. The van der Waals surface area contributed by atoms with Crippen LogP contribution in [0.3, 0.4) is 0 Å². The zero-order valence-electron chi connectivity index (χ0n) is 22.6. The van der Waals surface area contributed by atoms with Crippen LogP contribution in [0.4, 0.5) is 0 Å². The zero-order valence-corrected chi connectivity index (χ0v) is 27.0. The number of halogens is 2. The number of rotatable bonds is 7. The fourth-order valence-corrected chi connectivity index (χ4v) is 6.32. The molecule has 0 saturated carbocycles. The Morgan fingerprint density at radius 2 is 1.86 bits per heavy atom. The van der Waals surface area contributed by atoms with E-state index in [1.807, 2.05) is 12.1 Å². The Kier molecular flexibility index (Phi) is 9.76. The number of nitrogens with zero attached hydrogens (tertiary/aromatic N) is 1. The van der Waals surface area contributed by atoms with E-state index in [1.165, 1.54) is 18.2 Å². The molecule has 1 aliphatic rings. The number of benzene rings is 3. The van der Waals surface area contributed by atoms with Gasteiger partial charge in [-0.3, -0.25) is 9.59 Å². The molecule has 0 radical (unpaired) electrons. The number of carbonyl (C=O) groups is 3. The topological polar surface area (TPSA) is 137 Å². The van der Waals surface area contributed by atoms with E-state index in [9.17, 15) is 27.9 Å². The Balaban J connectivity index is 0.00000405. The van der Waals surface area contributed by atoms with Gasteiger partial charge < -0.3 is 24.5 Å². The quantitative estimate of drug-likeness (QED) is 0.291. The van der Waals surface area contributed by atoms with E-state index >= 15 is 0 Å². The molecule has 13 heteroatoms. The largest absolute Gasteiger partial charge is 1.00 e. The number of amides is 2. The molecule has 212 valence electrons. The molecule has 9 nitrogen and oxygen atoms in total. The first-order valence-corrected chi connectivity index (χ1v) is 15.1. The second-order valence-corrected chi connectivity index (χ2v) is 12.6. The van der Waals surface area contributed by atoms with Crippen molar-refractivity contribution in [3.8, 4) is 0 Å². The van der Waals surface area contributed by atoms with Gasteiger partial charge in [-0.2, -0.15) is 0 Å². The van der Waals surface area contributed by atoms with E-state index in [0.29, 0.717) is 40.8 Å². The van der Waals surface area contributed by atoms with Gasteiger partial charge >= 0.3 is 29.6 Å². The predicted octanol–water partition coefficient (Wildman–Crippen LogP) is 0.437. The SMILES string of the molecule is CS(=O)(=O)c1cccc(CC(NC(=O)c2c(Cl)cc3c(c2Cl)CCN(C(=O)c2ccc4ccoc4c2)C3)C(=O)[O-])c1.[Na+]. The second kappa shape index (κ2) is 12.8. The zero-order chi connectivity index (χ0) is 29.5. The van der Waals surface area contributed by atoms with Crippen molar-refractivity contribution in [3.05, 3.63) is 98.7 Å². The number of aliphatic carboxylic acids is 1. The van der Waals surface area contributed by atoms with Gasteiger partial charge in [-0.1, -0.05) is 41.4 Å². The average Bonchev–Trinajstić information content (AvgIpc) is 3.39. The average molecular weight is 637 g/mol. The van der Waals surface area contributed by atoms with Crippen molar-refractivity contribution in [2.24, 2.45) is 0 Å². The van der Waals surface area contributed by atoms with Crippen LogP contribution in [0.25, 0.3) is 11.0 Å². The normalized spacial score (nSPS) is 13.6. The fourth-order valence-electron chi connectivity index (χ4n) is 4.87. The van der Waals surface area contributed by atoms with Gasteiger partial charge in [-0.25, -0.2) is 8.42 Å². The number of carboxylic acid groups (broad SMARTS) is 1. The van der Waals surface area contributed by atoms with Gasteiger partial charge in [0, 0.05) is 30.3 Å². The summed E-state index contributed by atoms with van der Waals surface area (Å²) in [5.74, 6) is -2.57. The minimum Gasteiger partial charge on any atom is -0.548 e. The summed E-state index contributed by atoms with van der Waals surface area (Å²) >= 11 is 13.1. The minimum atomic E-state index is -3.51. The van der Waals surface area contributed by atoms with Crippen molar-refractivity contribution in [3.63, 3.8) is 0 Å². The molecule has 0 saturated heterocycles. The molecule has 42 heavy (non-hydrogen) atoms. The third-order valence-corrected chi connectivity index (χ3v) is 8.80. The van der Waals surface area contributed by atoms with Crippen molar-refractivity contribution in [2.75, 3.05) is 12.8 Å². The number of hydrogen-bond donors (Lipinski definition) is 1. The summed E-state index contributed by atoms with van der Waals surface area (Å²) in [4.78, 5) is 39.9. The summed E-state index contributed by atoms with van der Waals surface area (Å²) in [7, 11) is -3.51. The van der Waals surface area contributed by atoms with Gasteiger partial charge in [0.15, 0.2) is 9.84 Å². The maximum absolute atomic E-state index is 13.2. The van der Waals surface area contributed by atoms with Crippen molar-refractivity contribution < 1.29 is 61.9 Å². The van der Waals surface area contributed by atoms with Crippen molar-refractivity contribution in [1.82, 2.24) is 10.2 Å². The maximum atomic E-state index is 13.2. The van der Waals surface area contributed by atoms with Crippen LogP contribution in [0.1, 0.15) is 37.4 Å². The first kappa shape index (κ1) is 32.1. The number of carboxylic acids is 1. The first-order chi connectivity index (χ1) is 19.4. The van der Waals surface area contributed by atoms with Gasteiger partial charge in [0.25, 0.3) is 11.8 Å². The van der Waals surface area contributed by atoms with Crippen LogP contribution in [0, 0.1) is 0 Å². The van der Waals surface area contributed by atoms with Gasteiger partial charge in [-0.15, -0.1) is 0 Å². The number of furan rings is 1. The first-order valence-electron chi connectivity index (χ1n) is 12.5. The number of fused-ring (bicyclic) bond motifs is 2. The number of carbonyl (C=O) groups excluding carboxylic acids is 3. The van der Waals surface area contributed by atoms with E-state index in [1.54, 1.807) is 35.4 Å². The Hall–Kier alpha value is -2.86. The minimum absolute atomic E-state index is 0. The van der Waals surface area contributed by atoms with E-state index in [4.69, 9.17) is 27.6 Å². The smallest absolute Gasteiger partial charge is 0.548 e. The molecule has 0 spiro atoms.